The van der Waals surface area contributed by atoms with Crippen molar-refractivity contribution in [1.29, 1.82) is 0 Å². The lowest BCUT2D eigenvalue weighted by molar-refractivity contribution is -0.133. The van der Waals surface area contributed by atoms with Crippen LogP contribution in [0.25, 0.3) is 0 Å². The minimum atomic E-state index is -0.423. The maximum absolute atomic E-state index is 12.6. The van der Waals surface area contributed by atoms with E-state index >= 15 is 0 Å². The Morgan fingerprint density at radius 2 is 2.17 bits per heavy atom. The number of nitrogens with zero attached hydrogens (tertiary/aromatic N) is 4. The van der Waals surface area contributed by atoms with E-state index < -0.39 is 5.69 Å². The molecule has 0 N–H and O–H groups in total. The largest absolute Gasteiger partial charge is 0.445 e. The molecule has 0 aliphatic carbocycles. The smallest absolute Gasteiger partial charge is 0.347 e. The first-order valence-electron chi connectivity index (χ1n) is 9.57. The Bertz CT molecular complexity index is 1060. The van der Waals surface area contributed by atoms with Gasteiger partial charge < -0.3 is 9.32 Å². The quantitative estimate of drug-likeness (QED) is 0.643. The molecule has 1 fully saturated rings. The number of hydrogen-bond acceptors (Lipinski definition) is 5. The SMILES string of the molecule is O=C(Cn1cccnc1=O)N1CCC[C@@H](c2ncc(Cc3cccc(Cl)c3)o2)C1. The van der Waals surface area contributed by atoms with Crippen molar-refractivity contribution in [3.63, 3.8) is 0 Å². The molecule has 29 heavy (non-hydrogen) atoms. The molecule has 1 saturated heterocycles. The van der Waals surface area contributed by atoms with Gasteiger partial charge in [0, 0.05) is 36.9 Å². The Kier molecular flexibility index (Phi) is 5.76. The van der Waals surface area contributed by atoms with E-state index in [0.29, 0.717) is 30.4 Å². The Balaban J connectivity index is 1.41. The number of benzene rings is 1. The molecule has 0 saturated carbocycles. The minimum Gasteiger partial charge on any atom is -0.445 e. The summed E-state index contributed by atoms with van der Waals surface area (Å²) in [5, 5.41) is 0.691. The van der Waals surface area contributed by atoms with Crippen molar-refractivity contribution in [3.8, 4) is 0 Å². The molecule has 0 spiro atoms. The summed E-state index contributed by atoms with van der Waals surface area (Å²) in [6, 6.07) is 9.29. The summed E-state index contributed by atoms with van der Waals surface area (Å²) in [4.78, 5) is 34.3. The average molecular weight is 413 g/mol. The molecule has 0 unspecified atom stereocenters. The molecule has 1 aromatic carbocycles. The number of oxazole rings is 1. The monoisotopic (exact) mass is 412 g/mol. The number of carbonyl (C=O) groups excluding carboxylic acids is 1. The molecule has 150 valence electrons. The second-order valence-electron chi connectivity index (χ2n) is 7.18. The maximum atomic E-state index is 12.6. The number of likely N-dealkylation sites (tertiary alicyclic amines) is 1. The molecule has 8 heteroatoms. The van der Waals surface area contributed by atoms with E-state index in [1.807, 2.05) is 24.3 Å². The van der Waals surface area contributed by atoms with Crippen LogP contribution in [0.1, 0.15) is 36.0 Å². The lowest BCUT2D eigenvalue weighted by Crippen LogP contribution is -2.42. The van der Waals surface area contributed by atoms with E-state index in [1.165, 1.54) is 10.8 Å². The Labute approximate surface area is 173 Å². The second-order valence-corrected chi connectivity index (χ2v) is 7.62. The highest BCUT2D eigenvalue weighted by atomic mass is 35.5. The van der Waals surface area contributed by atoms with Gasteiger partial charge in [0.05, 0.1) is 12.1 Å². The van der Waals surface area contributed by atoms with Crippen LogP contribution in [0, 0.1) is 0 Å². The van der Waals surface area contributed by atoms with Crippen molar-refractivity contribution in [3.05, 3.63) is 81.6 Å². The van der Waals surface area contributed by atoms with Gasteiger partial charge in [-0.25, -0.2) is 14.8 Å². The first-order chi connectivity index (χ1) is 14.1. The Hall–Kier alpha value is -2.93. The van der Waals surface area contributed by atoms with Gasteiger partial charge in [-0.05, 0) is 36.6 Å². The topological polar surface area (TPSA) is 81.2 Å². The van der Waals surface area contributed by atoms with E-state index in [0.717, 1.165) is 24.2 Å². The van der Waals surface area contributed by atoms with Crippen molar-refractivity contribution in [2.75, 3.05) is 13.1 Å². The number of aromatic nitrogens is 3. The van der Waals surface area contributed by atoms with Gasteiger partial charge >= 0.3 is 5.69 Å². The summed E-state index contributed by atoms with van der Waals surface area (Å²) in [6.07, 6.45) is 7.13. The zero-order valence-electron chi connectivity index (χ0n) is 15.8. The fourth-order valence-electron chi connectivity index (χ4n) is 3.60. The molecule has 1 atom stereocenters. The lowest BCUT2D eigenvalue weighted by atomic mass is 9.98. The normalized spacial score (nSPS) is 16.7. The molecule has 1 aliphatic rings. The van der Waals surface area contributed by atoms with Crippen molar-refractivity contribution in [2.24, 2.45) is 0 Å². The van der Waals surface area contributed by atoms with E-state index in [2.05, 4.69) is 9.97 Å². The number of hydrogen-bond donors (Lipinski definition) is 0. The van der Waals surface area contributed by atoms with Crippen LogP contribution in [0.4, 0.5) is 0 Å². The van der Waals surface area contributed by atoms with Gasteiger partial charge in [0.2, 0.25) is 5.91 Å². The standard InChI is InChI=1S/C21H21ClN4O3/c22-17-6-1-4-15(10-17)11-18-12-24-20(29-18)16-5-2-8-25(13-16)19(27)14-26-9-3-7-23-21(26)28/h1,3-4,6-7,9-10,12,16H,2,5,8,11,13-14H2/t16-/m1/s1. The zero-order chi connectivity index (χ0) is 20.2. The molecule has 2 aromatic heterocycles. The van der Waals surface area contributed by atoms with Crippen LogP contribution in [0.2, 0.25) is 5.02 Å². The van der Waals surface area contributed by atoms with Crippen molar-refractivity contribution >= 4 is 17.5 Å². The number of piperidine rings is 1. The third-order valence-corrected chi connectivity index (χ3v) is 5.29. The first-order valence-corrected chi connectivity index (χ1v) is 9.94. The van der Waals surface area contributed by atoms with Crippen molar-refractivity contribution in [1.82, 2.24) is 19.4 Å². The summed E-state index contributed by atoms with van der Waals surface area (Å²) in [7, 11) is 0. The number of carbonyl (C=O) groups is 1. The minimum absolute atomic E-state index is 0.00894. The Morgan fingerprint density at radius 3 is 3.00 bits per heavy atom. The molecule has 1 amide bonds. The molecule has 7 nitrogen and oxygen atoms in total. The number of amides is 1. The fourth-order valence-corrected chi connectivity index (χ4v) is 3.81. The van der Waals surface area contributed by atoms with Gasteiger partial charge in [-0.1, -0.05) is 23.7 Å². The molecular formula is C21H21ClN4O3. The van der Waals surface area contributed by atoms with Crippen molar-refractivity contribution in [2.45, 2.75) is 31.7 Å². The third-order valence-electron chi connectivity index (χ3n) is 5.05. The highest BCUT2D eigenvalue weighted by Crippen LogP contribution is 2.27. The van der Waals surface area contributed by atoms with Crippen LogP contribution in [0.5, 0.6) is 0 Å². The van der Waals surface area contributed by atoms with Crippen LogP contribution in [0.15, 0.2) is 58.1 Å². The third kappa shape index (κ3) is 4.74. The first kappa shape index (κ1) is 19.4. The predicted molar refractivity (Wildman–Crippen MR) is 108 cm³/mol. The predicted octanol–water partition coefficient (Wildman–Crippen LogP) is 2.88. The van der Waals surface area contributed by atoms with E-state index in [9.17, 15) is 9.59 Å². The molecule has 3 heterocycles. The van der Waals surface area contributed by atoms with Gasteiger partial charge in [-0.3, -0.25) is 9.36 Å². The molecule has 1 aliphatic heterocycles. The van der Waals surface area contributed by atoms with Gasteiger partial charge in [0.25, 0.3) is 0 Å². The van der Waals surface area contributed by atoms with Gasteiger partial charge in [-0.15, -0.1) is 0 Å². The molecular weight excluding hydrogens is 392 g/mol. The zero-order valence-corrected chi connectivity index (χ0v) is 16.6. The van der Waals surface area contributed by atoms with Crippen LogP contribution < -0.4 is 5.69 Å². The molecule has 0 radical (unpaired) electrons. The van der Waals surface area contributed by atoms with E-state index in [1.54, 1.807) is 23.4 Å². The Morgan fingerprint density at radius 1 is 1.28 bits per heavy atom. The molecule has 0 bridgehead atoms. The molecule has 3 aromatic rings. The van der Waals surface area contributed by atoms with E-state index in [-0.39, 0.29) is 18.4 Å². The number of rotatable bonds is 5. The summed E-state index contributed by atoms with van der Waals surface area (Å²) < 4.78 is 7.29. The number of halogens is 1. The van der Waals surface area contributed by atoms with Gasteiger partial charge in [0.1, 0.15) is 12.3 Å². The highest BCUT2D eigenvalue weighted by molar-refractivity contribution is 6.30. The van der Waals surface area contributed by atoms with Crippen LogP contribution in [-0.2, 0) is 17.8 Å². The summed E-state index contributed by atoms with van der Waals surface area (Å²) >= 11 is 6.04. The summed E-state index contributed by atoms with van der Waals surface area (Å²) in [5.41, 5.74) is 0.635. The fraction of sp³-hybridized carbons (Fsp3) is 0.333. The maximum Gasteiger partial charge on any atom is 0.347 e. The van der Waals surface area contributed by atoms with Gasteiger partial charge in [0.15, 0.2) is 5.89 Å². The van der Waals surface area contributed by atoms with Crippen LogP contribution >= 0.6 is 11.6 Å². The highest BCUT2D eigenvalue weighted by Gasteiger charge is 2.28. The van der Waals surface area contributed by atoms with Crippen LogP contribution in [0.3, 0.4) is 0 Å². The van der Waals surface area contributed by atoms with E-state index in [4.69, 9.17) is 16.0 Å². The van der Waals surface area contributed by atoms with Crippen LogP contribution in [-0.4, -0.2) is 38.4 Å². The van der Waals surface area contributed by atoms with Crippen molar-refractivity contribution < 1.29 is 9.21 Å². The lowest BCUT2D eigenvalue weighted by Gasteiger charge is -2.31. The average Bonchev–Trinajstić information content (AvgIpc) is 3.18. The molecule has 4 rings (SSSR count). The summed E-state index contributed by atoms with van der Waals surface area (Å²) in [6.45, 7) is 1.19. The van der Waals surface area contributed by atoms with Gasteiger partial charge in [-0.2, -0.15) is 0 Å². The summed E-state index contributed by atoms with van der Waals surface area (Å²) in [5.74, 6) is 1.37. The second kappa shape index (κ2) is 8.61.